The van der Waals surface area contributed by atoms with Gasteiger partial charge in [-0.1, -0.05) is 0 Å². The summed E-state index contributed by atoms with van der Waals surface area (Å²) in [6.45, 7) is 1.11. The van der Waals surface area contributed by atoms with Crippen molar-refractivity contribution in [2.45, 2.75) is 18.5 Å². The van der Waals surface area contributed by atoms with Gasteiger partial charge in [0.25, 0.3) is 5.91 Å². The Labute approximate surface area is 116 Å². The van der Waals surface area contributed by atoms with Crippen molar-refractivity contribution in [3.05, 3.63) is 20.8 Å². The van der Waals surface area contributed by atoms with Gasteiger partial charge in [-0.15, -0.1) is 11.3 Å². The summed E-state index contributed by atoms with van der Waals surface area (Å²) in [5, 5.41) is 4.69. The van der Waals surface area contributed by atoms with Crippen LogP contribution in [0.1, 0.15) is 12.0 Å². The molecule has 1 aromatic rings. The molecule has 1 N–H and O–H groups in total. The highest BCUT2D eigenvalue weighted by Gasteiger charge is 2.53. The predicted molar refractivity (Wildman–Crippen MR) is 69.3 cm³/mol. The van der Waals surface area contributed by atoms with E-state index in [4.69, 9.17) is 4.74 Å². The number of carbonyl (C=O) groups excluding carboxylic acids is 2. The molecule has 2 saturated heterocycles. The van der Waals surface area contributed by atoms with Crippen LogP contribution in [0.25, 0.3) is 0 Å². The number of nitrogens with one attached hydrogen (secondary N) is 1. The number of rotatable bonds is 2. The number of urea groups is 1. The lowest BCUT2D eigenvalue weighted by Crippen LogP contribution is -2.47. The number of ether oxygens (including phenoxy) is 1. The van der Waals surface area contributed by atoms with Crippen LogP contribution in [0.3, 0.4) is 0 Å². The normalized spacial score (nSPS) is 27.3. The predicted octanol–water partition coefficient (Wildman–Crippen LogP) is 1.72. The number of halogens is 1. The zero-order valence-corrected chi connectivity index (χ0v) is 11.8. The Morgan fingerprint density at radius 2 is 2.39 bits per heavy atom. The number of carbonyl (C=O) groups is 2. The summed E-state index contributed by atoms with van der Waals surface area (Å²) in [4.78, 5) is 25.5. The van der Waals surface area contributed by atoms with Gasteiger partial charge in [-0.3, -0.25) is 9.69 Å². The van der Waals surface area contributed by atoms with Crippen molar-refractivity contribution in [1.82, 2.24) is 10.2 Å². The van der Waals surface area contributed by atoms with Crippen molar-refractivity contribution >= 4 is 39.2 Å². The van der Waals surface area contributed by atoms with Gasteiger partial charge in [0.2, 0.25) is 0 Å². The molecule has 0 aromatic carbocycles. The number of amides is 3. The van der Waals surface area contributed by atoms with Crippen molar-refractivity contribution in [3.8, 4) is 0 Å². The molecule has 96 valence electrons. The topological polar surface area (TPSA) is 58.6 Å². The Hall–Kier alpha value is -0.920. The lowest BCUT2D eigenvalue weighted by atomic mass is 9.99. The summed E-state index contributed by atoms with van der Waals surface area (Å²) in [7, 11) is 0. The van der Waals surface area contributed by atoms with E-state index in [9.17, 15) is 9.59 Å². The van der Waals surface area contributed by atoms with Crippen LogP contribution in [0.2, 0.25) is 0 Å². The van der Waals surface area contributed by atoms with Crippen molar-refractivity contribution in [3.63, 3.8) is 0 Å². The highest BCUT2D eigenvalue weighted by Crippen LogP contribution is 2.29. The fourth-order valence-corrected chi connectivity index (χ4v) is 3.46. The molecule has 1 spiro atoms. The van der Waals surface area contributed by atoms with Gasteiger partial charge in [-0.25, -0.2) is 4.79 Å². The lowest BCUT2D eigenvalue weighted by molar-refractivity contribution is -0.131. The van der Waals surface area contributed by atoms with E-state index in [2.05, 4.69) is 21.2 Å². The second kappa shape index (κ2) is 4.32. The van der Waals surface area contributed by atoms with Crippen LogP contribution in [-0.4, -0.2) is 35.6 Å². The van der Waals surface area contributed by atoms with Gasteiger partial charge in [0.05, 0.1) is 16.9 Å². The minimum Gasteiger partial charge on any atom is -0.378 e. The van der Waals surface area contributed by atoms with Crippen LogP contribution in [-0.2, 0) is 16.1 Å². The summed E-state index contributed by atoms with van der Waals surface area (Å²) in [5.74, 6) is -0.174. The quantitative estimate of drug-likeness (QED) is 0.840. The van der Waals surface area contributed by atoms with E-state index in [1.165, 1.54) is 16.2 Å². The third-order valence-electron chi connectivity index (χ3n) is 3.23. The molecule has 7 heteroatoms. The van der Waals surface area contributed by atoms with E-state index in [1.807, 2.05) is 11.4 Å². The van der Waals surface area contributed by atoms with Crippen LogP contribution in [0.5, 0.6) is 0 Å². The molecule has 1 aromatic heterocycles. The van der Waals surface area contributed by atoms with E-state index < -0.39 is 5.54 Å². The van der Waals surface area contributed by atoms with Crippen molar-refractivity contribution in [2.24, 2.45) is 0 Å². The Bertz CT molecular complexity index is 510. The second-order valence-corrected chi connectivity index (χ2v) is 6.76. The zero-order chi connectivity index (χ0) is 12.8. The molecule has 3 heterocycles. The third kappa shape index (κ3) is 1.86. The van der Waals surface area contributed by atoms with Gasteiger partial charge in [0.1, 0.15) is 5.54 Å². The van der Waals surface area contributed by atoms with E-state index in [0.29, 0.717) is 19.6 Å². The van der Waals surface area contributed by atoms with Crippen LogP contribution < -0.4 is 5.32 Å². The highest BCUT2D eigenvalue weighted by atomic mass is 79.9. The maximum atomic E-state index is 12.3. The number of imide groups is 1. The zero-order valence-electron chi connectivity index (χ0n) is 9.44. The summed E-state index contributed by atoms with van der Waals surface area (Å²) >= 11 is 4.90. The maximum absolute atomic E-state index is 12.3. The van der Waals surface area contributed by atoms with Gasteiger partial charge in [-0.05, 0) is 32.9 Å². The number of hydrogen-bond donors (Lipinski definition) is 1. The van der Waals surface area contributed by atoms with Crippen LogP contribution in [0.15, 0.2) is 15.2 Å². The molecule has 3 rings (SSSR count). The third-order valence-corrected chi connectivity index (χ3v) is 4.78. The molecule has 2 aliphatic rings. The summed E-state index contributed by atoms with van der Waals surface area (Å²) in [6, 6.07) is 1.59. The summed E-state index contributed by atoms with van der Waals surface area (Å²) in [6.07, 6.45) is 0.557. The van der Waals surface area contributed by atoms with Crippen LogP contribution in [0, 0.1) is 0 Å². The van der Waals surface area contributed by atoms with Crippen LogP contribution in [0.4, 0.5) is 4.79 Å². The largest absolute Gasteiger partial charge is 0.378 e. The van der Waals surface area contributed by atoms with Gasteiger partial charge in [-0.2, -0.15) is 0 Å². The minimum atomic E-state index is -0.815. The number of hydrogen-bond acceptors (Lipinski definition) is 4. The average molecular weight is 331 g/mol. The Morgan fingerprint density at radius 3 is 3.00 bits per heavy atom. The molecular weight excluding hydrogens is 320 g/mol. The minimum absolute atomic E-state index is 0.174. The fourth-order valence-electron chi connectivity index (χ4n) is 2.26. The van der Waals surface area contributed by atoms with E-state index in [1.54, 1.807) is 0 Å². The van der Waals surface area contributed by atoms with E-state index >= 15 is 0 Å². The maximum Gasteiger partial charge on any atom is 0.325 e. The number of thiophene rings is 1. The molecule has 2 aliphatic heterocycles. The molecule has 0 saturated carbocycles. The number of nitrogens with zero attached hydrogens (tertiary/aromatic N) is 1. The molecule has 0 aliphatic carbocycles. The monoisotopic (exact) mass is 330 g/mol. The average Bonchev–Trinajstić information content (AvgIpc) is 2.99. The second-order valence-electron chi connectivity index (χ2n) is 4.47. The highest BCUT2D eigenvalue weighted by molar-refractivity contribution is 9.11. The van der Waals surface area contributed by atoms with E-state index in [-0.39, 0.29) is 18.5 Å². The van der Waals surface area contributed by atoms with Crippen molar-refractivity contribution in [2.75, 3.05) is 13.2 Å². The molecular formula is C11H11BrN2O3S. The molecule has 1 unspecified atom stereocenters. The Kier molecular flexibility index (Phi) is 2.91. The Morgan fingerprint density at radius 1 is 1.56 bits per heavy atom. The molecule has 18 heavy (non-hydrogen) atoms. The van der Waals surface area contributed by atoms with Gasteiger partial charge >= 0.3 is 6.03 Å². The van der Waals surface area contributed by atoms with Crippen molar-refractivity contribution in [1.29, 1.82) is 0 Å². The molecule has 5 nitrogen and oxygen atoms in total. The molecule has 2 fully saturated rings. The van der Waals surface area contributed by atoms with Gasteiger partial charge in [0.15, 0.2) is 0 Å². The van der Waals surface area contributed by atoms with Gasteiger partial charge in [0, 0.05) is 13.0 Å². The smallest absolute Gasteiger partial charge is 0.325 e. The molecule has 0 radical (unpaired) electrons. The summed E-state index contributed by atoms with van der Waals surface area (Å²) in [5.41, 5.74) is 0.135. The first-order valence-electron chi connectivity index (χ1n) is 5.55. The molecule has 0 bridgehead atoms. The van der Waals surface area contributed by atoms with Gasteiger partial charge < -0.3 is 10.1 Å². The summed E-state index contributed by atoms with van der Waals surface area (Å²) < 4.78 is 6.23. The first kappa shape index (κ1) is 12.1. The van der Waals surface area contributed by atoms with Crippen molar-refractivity contribution < 1.29 is 14.3 Å². The first-order valence-corrected chi connectivity index (χ1v) is 7.23. The van der Waals surface area contributed by atoms with Crippen LogP contribution >= 0.6 is 27.3 Å². The van der Waals surface area contributed by atoms with E-state index in [0.717, 1.165) is 9.35 Å². The molecule has 1 atom stereocenters. The Balaban J connectivity index is 1.80. The molecule has 3 amide bonds. The standard InChI is InChI=1S/C11H11BrN2O3S/c12-8-3-7(5-18-8)4-14-9(15)11(13-10(14)16)1-2-17-6-11/h3,5H,1-2,4,6H2,(H,13,16). The fraction of sp³-hybridized carbons (Fsp3) is 0.455. The SMILES string of the molecule is O=C1NC2(CCOC2)C(=O)N1Cc1csc(Br)c1. The lowest BCUT2D eigenvalue weighted by Gasteiger charge is -2.18. The first-order chi connectivity index (χ1) is 8.61.